The highest BCUT2D eigenvalue weighted by Gasteiger charge is 2.48. The number of carboxylic acids is 1. The van der Waals surface area contributed by atoms with Gasteiger partial charge in [-0.05, 0) is 47.4 Å². The molecule has 32 heavy (non-hydrogen) atoms. The molecule has 0 fully saturated rings. The van der Waals surface area contributed by atoms with Gasteiger partial charge < -0.3 is 14.9 Å². The number of carboxylic acid groups (broad SMARTS) is 1. The number of methoxy groups -OCH3 is 1. The number of halogens is 3. The molecule has 2 N–H and O–H groups in total. The van der Waals surface area contributed by atoms with Gasteiger partial charge in [-0.15, -0.1) is 11.6 Å². The van der Waals surface area contributed by atoms with Crippen LogP contribution in [0, 0.1) is 0 Å². The van der Waals surface area contributed by atoms with Crippen molar-refractivity contribution in [1.29, 1.82) is 0 Å². The second-order valence-electron chi connectivity index (χ2n) is 7.07. The summed E-state index contributed by atoms with van der Waals surface area (Å²) in [6.45, 7) is 0. The molecule has 8 heteroatoms. The second-order valence-corrected chi connectivity index (χ2v) is 8.47. The molecule has 0 amide bonds. The summed E-state index contributed by atoms with van der Waals surface area (Å²) < 4.78 is 4.51. The average molecular weight is 494 g/mol. The number of fused-ring (bicyclic) bond motifs is 3. The molecule has 3 aromatic carbocycles. The molecular formula is C24H19Cl3O5. The van der Waals surface area contributed by atoms with E-state index < -0.39 is 22.9 Å². The highest BCUT2D eigenvalue weighted by molar-refractivity contribution is 6.31. The smallest absolute Gasteiger partial charge is 0.345 e. The summed E-state index contributed by atoms with van der Waals surface area (Å²) in [4.78, 5) is 22.5. The van der Waals surface area contributed by atoms with Gasteiger partial charge in [0.05, 0.1) is 7.11 Å². The molecule has 0 saturated heterocycles. The van der Waals surface area contributed by atoms with Gasteiger partial charge in [0.25, 0.3) is 0 Å². The quantitative estimate of drug-likeness (QED) is 0.380. The minimum atomic E-state index is -2.02. The first-order chi connectivity index (χ1) is 15.2. The van der Waals surface area contributed by atoms with Gasteiger partial charge in [0.2, 0.25) is 5.60 Å². The standard InChI is InChI=1S/C14H9ClO3.C10H10Cl2O2/c15-8-5-6-10-9-3-1-2-4-11(9)14(18,13(16)17)12(10)7-8;1-14-10(13)9(12)6-7-2-4-8(11)5-3-7/h1-7,18H,(H,16,17);2-5,9H,6H2,1H3. The summed E-state index contributed by atoms with van der Waals surface area (Å²) in [5.41, 5.74) is 1.09. The maximum Gasteiger partial charge on any atom is 0.345 e. The normalized spacial score (nSPS) is 16.8. The SMILES string of the molecule is COC(=O)C(Cl)Cc1ccc(Cl)cc1.O=C(O)C1(O)c2ccccc2-c2ccc(Cl)cc21. The molecule has 2 unspecified atom stereocenters. The van der Waals surface area contributed by atoms with Crippen LogP contribution in [-0.4, -0.2) is 34.6 Å². The molecule has 4 rings (SSSR count). The van der Waals surface area contributed by atoms with Crippen LogP contribution in [0.2, 0.25) is 10.0 Å². The summed E-state index contributed by atoms with van der Waals surface area (Å²) in [6, 6.07) is 19.1. The zero-order chi connectivity index (χ0) is 23.5. The number of aliphatic hydroxyl groups is 1. The third kappa shape index (κ3) is 4.76. The van der Waals surface area contributed by atoms with Gasteiger partial charge in [-0.25, -0.2) is 4.79 Å². The van der Waals surface area contributed by atoms with Crippen molar-refractivity contribution in [3.05, 3.63) is 93.5 Å². The molecule has 0 radical (unpaired) electrons. The minimum Gasteiger partial charge on any atom is -0.479 e. The van der Waals surface area contributed by atoms with Crippen LogP contribution >= 0.6 is 34.8 Å². The van der Waals surface area contributed by atoms with Crippen LogP contribution in [0.15, 0.2) is 66.7 Å². The fraction of sp³-hybridized carbons (Fsp3) is 0.167. The van der Waals surface area contributed by atoms with Crippen LogP contribution in [-0.2, 0) is 26.3 Å². The van der Waals surface area contributed by atoms with Crippen molar-refractivity contribution < 1.29 is 24.5 Å². The maximum atomic E-state index is 11.5. The number of esters is 1. The molecule has 0 saturated carbocycles. The first kappa shape index (κ1) is 24.1. The summed E-state index contributed by atoms with van der Waals surface area (Å²) >= 11 is 17.4. The molecule has 3 aromatic rings. The first-order valence-corrected chi connectivity index (χ1v) is 10.7. The van der Waals surface area contributed by atoms with Crippen LogP contribution in [0.1, 0.15) is 16.7 Å². The van der Waals surface area contributed by atoms with Gasteiger partial charge in [-0.1, -0.05) is 65.7 Å². The third-order valence-electron chi connectivity index (χ3n) is 5.07. The van der Waals surface area contributed by atoms with Crippen molar-refractivity contribution in [3.63, 3.8) is 0 Å². The number of hydrogen-bond donors (Lipinski definition) is 2. The second kappa shape index (κ2) is 9.92. The Morgan fingerprint density at radius 3 is 2.16 bits per heavy atom. The van der Waals surface area contributed by atoms with Gasteiger partial charge in [-0.3, -0.25) is 4.79 Å². The van der Waals surface area contributed by atoms with Crippen LogP contribution in [0.25, 0.3) is 11.1 Å². The van der Waals surface area contributed by atoms with Gasteiger partial charge >= 0.3 is 11.9 Å². The molecule has 0 spiro atoms. The molecule has 1 aliphatic carbocycles. The van der Waals surface area contributed by atoms with Gasteiger partial charge in [0, 0.05) is 21.2 Å². The Hall–Kier alpha value is -2.57. The Kier molecular flexibility index (Phi) is 7.47. The summed E-state index contributed by atoms with van der Waals surface area (Å²) in [5.74, 6) is -1.71. The number of rotatable bonds is 4. The molecule has 0 aliphatic heterocycles. The fourth-order valence-corrected chi connectivity index (χ4v) is 4.06. The van der Waals surface area contributed by atoms with E-state index in [1.807, 2.05) is 18.2 Å². The molecule has 0 heterocycles. The van der Waals surface area contributed by atoms with E-state index in [0.717, 1.165) is 11.1 Å². The summed E-state index contributed by atoms with van der Waals surface area (Å²) in [7, 11) is 1.32. The summed E-state index contributed by atoms with van der Waals surface area (Å²) in [6.07, 6.45) is 0.450. The van der Waals surface area contributed by atoms with E-state index in [9.17, 15) is 19.8 Å². The van der Waals surface area contributed by atoms with Crippen molar-refractivity contribution in [3.8, 4) is 11.1 Å². The Balaban J connectivity index is 0.000000188. The molecule has 1 aliphatic rings. The molecule has 0 aromatic heterocycles. The van der Waals surface area contributed by atoms with Crippen LogP contribution in [0.4, 0.5) is 0 Å². The van der Waals surface area contributed by atoms with Crippen LogP contribution in [0.5, 0.6) is 0 Å². The number of carbonyl (C=O) groups is 2. The molecule has 166 valence electrons. The van der Waals surface area contributed by atoms with E-state index in [0.29, 0.717) is 33.2 Å². The average Bonchev–Trinajstić information content (AvgIpc) is 3.04. The van der Waals surface area contributed by atoms with Crippen LogP contribution < -0.4 is 0 Å². The number of benzene rings is 3. The number of alkyl halides is 1. The van der Waals surface area contributed by atoms with E-state index in [4.69, 9.17) is 34.8 Å². The Bertz CT molecular complexity index is 1150. The predicted octanol–water partition coefficient (Wildman–Crippen LogP) is 5.30. The Morgan fingerprint density at radius 1 is 0.938 bits per heavy atom. The lowest BCUT2D eigenvalue weighted by molar-refractivity contribution is -0.154. The van der Waals surface area contributed by atoms with Crippen molar-refractivity contribution >= 4 is 46.7 Å². The molecule has 5 nitrogen and oxygen atoms in total. The van der Waals surface area contributed by atoms with E-state index in [1.54, 1.807) is 42.5 Å². The zero-order valence-corrected chi connectivity index (χ0v) is 19.2. The fourth-order valence-electron chi connectivity index (χ4n) is 3.50. The van der Waals surface area contributed by atoms with Gasteiger partial charge in [-0.2, -0.15) is 0 Å². The van der Waals surface area contributed by atoms with Gasteiger partial charge in [0.15, 0.2) is 0 Å². The Labute approximate surface area is 200 Å². The van der Waals surface area contributed by atoms with Crippen molar-refractivity contribution in [1.82, 2.24) is 0 Å². The van der Waals surface area contributed by atoms with Crippen molar-refractivity contribution in [2.75, 3.05) is 7.11 Å². The molecule has 2 atom stereocenters. The van der Waals surface area contributed by atoms with E-state index in [-0.39, 0.29) is 0 Å². The number of hydrogen-bond acceptors (Lipinski definition) is 4. The zero-order valence-electron chi connectivity index (χ0n) is 16.9. The predicted molar refractivity (Wildman–Crippen MR) is 124 cm³/mol. The van der Waals surface area contributed by atoms with Crippen molar-refractivity contribution in [2.45, 2.75) is 17.4 Å². The highest BCUT2D eigenvalue weighted by atomic mass is 35.5. The number of aliphatic carboxylic acids is 1. The first-order valence-electron chi connectivity index (χ1n) is 9.50. The Morgan fingerprint density at radius 2 is 1.53 bits per heavy atom. The van der Waals surface area contributed by atoms with Gasteiger partial charge in [0.1, 0.15) is 5.38 Å². The lowest BCUT2D eigenvalue weighted by atomic mass is 9.92. The molecular weight excluding hydrogens is 475 g/mol. The highest BCUT2D eigenvalue weighted by Crippen LogP contribution is 2.48. The lowest BCUT2D eigenvalue weighted by Crippen LogP contribution is -2.34. The lowest BCUT2D eigenvalue weighted by Gasteiger charge is -2.20. The van der Waals surface area contributed by atoms with Crippen molar-refractivity contribution in [2.24, 2.45) is 0 Å². The topological polar surface area (TPSA) is 83.8 Å². The molecule has 0 bridgehead atoms. The van der Waals surface area contributed by atoms with E-state index >= 15 is 0 Å². The largest absolute Gasteiger partial charge is 0.479 e. The maximum absolute atomic E-state index is 11.5. The number of ether oxygens (including phenoxy) is 1. The third-order valence-corrected chi connectivity index (χ3v) is 5.89. The summed E-state index contributed by atoms with van der Waals surface area (Å²) in [5, 5.41) is 20.3. The van der Waals surface area contributed by atoms with E-state index in [1.165, 1.54) is 13.2 Å². The minimum absolute atomic E-state index is 0.323. The van der Waals surface area contributed by atoms with Crippen LogP contribution in [0.3, 0.4) is 0 Å². The van der Waals surface area contributed by atoms with E-state index in [2.05, 4.69) is 4.74 Å². The number of carbonyl (C=O) groups excluding carboxylic acids is 1. The monoisotopic (exact) mass is 492 g/mol.